The minimum absolute atomic E-state index is 0.300. The van der Waals surface area contributed by atoms with Gasteiger partial charge in [-0.15, -0.1) is 0 Å². The van der Waals surface area contributed by atoms with Crippen molar-refractivity contribution in [1.82, 2.24) is 0 Å². The summed E-state index contributed by atoms with van der Waals surface area (Å²) >= 11 is 0. The van der Waals surface area contributed by atoms with Crippen molar-refractivity contribution in [3.05, 3.63) is 0 Å². The van der Waals surface area contributed by atoms with Crippen LogP contribution in [0.1, 0.15) is 38.5 Å². The van der Waals surface area contributed by atoms with Gasteiger partial charge < -0.3 is 18.9 Å². The largest absolute Gasteiger partial charge is 0.379 e. The summed E-state index contributed by atoms with van der Waals surface area (Å²) in [7, 11) is -2.90. The molecule has 2 atom stereocenters. The SMILES string of the molecule is O=S(=O)(CCCCCOCC1CO1)CCCCCOCC1CO1. The third-order valence-electron chi connectivity index (χ3n) is 3.90. The topological polar surface area (TPSA) is 77.7 Å². The molecule has 2 heterocycles. The van der Waals surface area contributed by atoms with Crippen LogP contribution in [0.3, 0.4) is 0 Å². The Labute approximate surface area is 139 Å². The Morgan fingerprint density at radius 2 is 1.17 bits per heavy atom. The molecular formula is C16H30O6S. The number of unbranched alkanes of at least 4 members (excludes halogenated alkanes) is 4. The van der Waals surface area contributed by atoms with Crippen LogP contribution in [0.25, 0.3) is 0 Å². The Morgan fingerprint density at radius 1 is 0.739 bits per heavy atom. The lowest BCUT2D eigenvalue weighted by molar-refractivity contribution is 0.113. The summed E-state index contributed by atoms with van der Waals surface area (Å²) in [6, 6.07) is 0. The highest BCUT2D eigenvalue weighted by Gasteiger charge is 2.22. The summed E-state index contributed by atoms with van der Waals surface area (Å²) in [6.45, 7) is 4.39. The van der Waals surface area contributed by atoms with E-state index in [2.05, 4.69) is 0 Å². The van der Waals surface area contributed by atoms with Crippen LogP contribution in [0.4, 0.5) is 0 Å². The van der Waals surface area contributed by atoms with Crippen LogP contribution >= 0.6 is 0 Å². The van der Waals surface area contributed by atoms with Gasteiger partial charge in [-0.25, -0.2) is 8.42 Å². The van der Waals surface area contributed by atoms with Gasteiger partial charge in [-0.05, 0) is 25.7 Å². The van der Waals surface area contributed by atoms with E-state index in [-0.39, 0.29) is 0 Å². The zero-order valence-electron chi connectivity index (χ0n) is 13.9. The van der Waals surface area contributed by atoms with Crippen LogP contribution < -0.4 is 0 Å². The van der Waals surface area contributed by atoms with Gasteiger partial charge >= 0.3 is 0 Å². The zero-order chi connectivity index (χ0) is 16.4. The molecule has 2 saturated heterocycles. The van der Waals surface area contributed by atoms with E-state index in [0.717, 1.165) is 51.7 Å². The van der Waals surface area contributed by atoms with E-state index in [1.165, 1.54) is 0 Å². The molecule has 0 N–H and O–H groups in total. The summed E-state index contributed by atoms with van der Waals surface area (Å²) in [5.74, 6) is 0.600. The number of rotatable bonds is 16. The van der Waals surface area contributed by atoms with Gasteiger partial charge in [0.2, 0.25) is 0 Å². The summed E-state index contributed by atoms with van der Waals surface area (Å²) in [4.78, 5) is 0. The fraction of sp³-hybridized carbons (Fsp3) is 1.00. The Bertz CT molecular complexity index is 371. The molecule has 0 radical (unpaired) electrons. The first-order valence-corrected chi connectivity index (χ1v) is 10.6. The number of hydrogen-bond donors (Lipinski definition) is 0. The van der Waals surface area contributed by atoms with Gasteiger partial charge in [-0.1, -0.05) is 12.8 Å². The van der Waals surface area contributed by atoms with Crippen molar-refractivity contribution in [2.75, 3.05) is 51.1 Å². The molecule has 0 bridgehead atoms. The van der Waals surface area contributed by atoms with E-state index in [1.54, 1.807) is 0 Å². The molecule has 0 saturated carbocycles. The molecule has 2 fully saturated rings. The average molecular weight is 350 g/mol. The summed E-state index contributed by atoms with van der Waals surface area (Å²) < 4.78 is 44.8. The molecule has 0 aliphatic carbocycles. The first-order chi connectivity index (χ1) is 11.2. The second kappa shape index (κ2) is 10.6. The Morgan fingerprint density at radius 3 is 1.57 bits per heavy atom. The highest BCUT2D eigenvalue weighted by Crippen LogP contribution is 2.10. The molecule has 2 aliphatic rings. The molecule has 0 aromatic heterocycles. The van der Waals surface area contributed by atoms with Crippen LogP contribution in [-0.4, -0.2) is 71.8 Å². The standard InChI is InChI=1S/C16H30O6S/c17-23(18,9-5-1-3-7-19-11-15-13-21-15)10-6-2-4-8-20-12-16-14-22-16/h15-16H,1-14H2. The van der Waals surface area contributed by atoms with E-state index in [0.29, 0.717) is 50.1 Å². The Kier molecular flexibility index (Phi) is 8.82. The lowest BCUT2D eigenvalue weighted by atomic mass is 10.3. The maximum atomic E-state index is 11.9. The van der Waals surface area contributed by atoms with Gasteiger partial charge in [0.1, 0.15) is 22.0 Å². The van der Waals surface area contributed by atoms with Crippen molar-refractivity contribution >= 4 is 9.84 Å². The van der Waals surface area contributed by atoms with Crippen LogP contribution in [-0.2, 0) is 28.8 Å². The first-order valence-electron chi connectivity index (χ1n) is 8.75. The van der Waals surface area contributed by atoms with Crippen molar-refractivity contribution in [1.29, 1.82) is 0 Å². The molecule has 136 valence electrons. The van der Waals surface area contributed by atoms with Gasteiger partial charge in [0.05, 0.1) is 37.9 Å². The fourth-order valence-electron chi connectivity index (χ4n) is 2.27. The van der Waals surface area contributed by atoms with E-state index in [4.69, 9.17) is 18.9 Å². The summed E-state index contributed by atoms with van der Waals surface area (Å²) in [5, 5.41) is 0. The minimum atomic E-state index is -2.90. The summed E-state index contributed by atoms with van der Waals surface area (Å²) in [6.07, 6.45) is 5.73. The zero-order valence-corrected chi connectivity index (χ0v) is 14.7. The average Bonchev–Trinajstić information content (AvgIpc) is 3.39. The number of ether oxygens (including phenoxy) is 4. The van der Waals surface area contributed by atoms with Crippen molar-refractivity contribution in [3.63, 3.8) is 0 Å². The number of sulfone groups is 1. The van der Waals surface area contributed by atoms with Gasteiger partial charge in [-0.3, -0.25) is 0 Å². The molecule has 0 amide bonds. The van der Waals surface area contributed by atoms with Crippen molar-refractivity contribution in [2.45, 2.75) is 50.7 Å². The van der Waals surface area contributed by atoms with Crippen LogP contribution in [0.5, 0.6) is 0 Å². The van der Waals surface area contributed by atoms with Gasteiger partial charge in [0.15, 0.2) is 0 Å². The molecule has 7 heteroatoms. The molecular weight excluding hydrogens is 320 g/mol. The summed E-state index contributed by atoms with van der Waals surface area (Å²) in [5.41, 5.74) is 0. The molecule has 23 heavy (non-hydrogen) atoms. The molecule has 0 spiro atoms. The van der Waals surface area contributed by atoms with Crippen molar-refractivity contribution in [3.8, 4) is 0 Å². The predicted molar refractivity (Wildman–Crippen MR) is 87.5 cm³/mol. The van der Waals surface area contributed by atoms with E-state index < -0.39 is 9.84 Å². The minimum Gasteiger partial charge on any atom is -0.379 e. The smallest absolute Gasteiger partial charge is 0.150 e. The third-order valence-corrected chi connectivity index (χ3v) is 5.72. The molecule has 6 nitrogen and oxygen atoms in total. The molecule has 2 rings (SSSR count). The highest BCUT2D eigenvalue weighted by atomic mass is 32.2. The second-order valence-corrected chi connectivity index (χ2v) is 8.64. The fourth-order valence-corrected chi connectivity index (χ4v) is 3.76. The maximum Gasteiger partial charge on any atom is 0.150 e. The molecule has 0 aromatic rings. The molecule has 0 aromatic carbocycles. The first kappa shape index (κ1) is 19.1. The maximum absolute atomic E-state index is 11.9. The lowest BCUT2D eigenvalue weighted by Gasteiger charge is -2.05. The third kappa shape index (κ3) is 11.1. The van der Waals surface area contributed by atoms with Crippen LogP contribution in [0, 0.1) is 0 Å². The monoisotopic (exact) mass is 350 g/mol. The van der Waals surface area contributed by atoms with E-state index >= 15 is 0 Å². The van der Waals surface area contributed by atoms with Crippen molar-refractivity contribution in [2.24, 2.45) is 0 Å². The molecule has 2 unspecified atom stereocenters. The van der Waals surface area contributed by atoms with E-state index in [1.807, 2.05) is 0 Å². The predicted octanol–water partition coefficient (Wildman–Crippen LogP) is 1.57. The molecule has 2 aliphatic heterocycles. The van der Waals surface area contributed by atoms with Gasteiger partial charge in [0, 0.05) is 13.2 Å². The van der Waals surface area contributed by atoms with Gasteiger partial charge in [-0.2, -0.15) is 0 Å². The Balaban J connectivity index is 1.33. The van der Waals surface area contributed by atoms with Crippen molar-refractivity contribution < 1.29 is 27.4 Å². The highest BCUT2D eigenvalue weighted by molar-refractivity contribution is 7.91. The van der Waals surface area contributed by atoms with Gasteiger partial charge in [0.25, 0.3) is 0 Å². The Hall–Kier alpha value is -0.210. The number of hydrogen-bond acceptors (Lipinski definition) is 6. The van der Waals surface area contributed by atoms with Crippen LogP contribution in [0.2, 0.25) is 0 Å². The number of epoxide rings is 2. The second-order valence-electron chi connectivity index (χ2n) is 6.33. The normalized spacial score (nSPS) is 23.1. The lowest BCUT2D eigenvalue weighted by Crippen LogP contribution is -2.12. The quantitative estimate of drug-likeness (QED) is 0.311. The van der Waals surface area contributed by atoms with E-state index in [9.17, 15) is 8.42 Å². The van der Waals surface area contributed by atoms with Crippen LogP contribution in [0.15, 0.2) is 0 Å².